The lowest BCUT2D eigenvalue weighted by atomic mass is 10.0. The highest BCUT2D eigenvalue weighted by Gasteiger charge is 2.34. The van der Waals surface area contributed by atoms with E-state index < -0.39 is 5.60 Å². The van der Waals surface area contributed by atoms with Gasteiger partial charge in [-0.3, -0.25) is 4.79 Å². The van der Waals surface area contributed by atoms with Crippen LogP contribution in [0.5, 0.6) is 5.88 Å². The second-order valence-electron chi connectivity index (χ2n) is 11.8. The molecule has 0 unspecified atom stereocenters. The van der Waals surface area contributed by atoms with Gasteiger partial charge < -0.3 is 29.7 Å². The fraction of sp³-hybridized carbons (Fsp3) is 0.353. The predicted molar refractivity (Wildman–Crippen MR) is 169 cm³/mol. The topological polar surface area (TPSA) is 113 Å². The maximum absolute atomic E-state index is 12.9. The Morgan fingerprint density at radius 3 is 2.57 bits per heavy atom. The smallest absolute Gasteiger partial charge is 0.254 e. The molecule has 44 heavy (non-hydrogen) atoms. The summed E-state index contributed by atoms with van der Waals surface area (Å²) in [5.74, 6) is 2.41. The molecule has 6 rings (SSSR count). The van der Waals surface area contributed by atoms with Crippen molar-refractivity contribution in [3.63, 3.8) is 0 Å². The van der Waals surface area contributed by atoms with E-state index in [-0.39, 0.29) is 11.9 Å². The van der Waals surface area contributed by atoms with E-state index in [0.29, 0.717) is 56.9 Å². The number of carbonyl (C=O) groups excluding carboxylic acids is 1. The first-order chi connectivity index (χ1) is 21.2. The number of hydrogen-bond donors (Lipinski definition) is 2. The number of aliphatic hydroxyl groups is 1. The summed E-state index contributed by atoms with van der Waals surface area (Å²) in [6.07, 6.45) is 0.626. The Balaban J connectivity index is 1.23. The first kappa shape index (κ1) is 29.5. The summed E-state index contributed by atoms with van der Waals surface area (Å²) in [6.45, 7) is 8.47. The van der Waals surface area contributed by atoms with Crippen LogP contribution in [-0.2, 0) is 29.1 Å². The molecule has 10 nitrogen and oxygen atoms in total. The first-order valence-corrected chi connectivity index (χ1v) is 15.0. The van der Waals surface area contributed by atoms with E-state index in [4.69, 9.17) is 19.4 Å². The maximum Gasteiger partial charge on any atom is 0.254 e. The number of morpholine rings is 1. The molecule has 4 aromatic rings. The van der Waals surface area contributed by atoms with Gasteiger partial charge in [0.15, 0.2) is 5.82 Å². The van der Waals surface area contributed by atoms with Crippen LogP contribution in [0, 0.1) is 0 Å². The van der Waals surface area contributed by atoms with Gasteiger partial charge in [-0.1, -0.05) is 36.4 Å². The zero-order valence-electron chi connectivity index (χ0n) is 25.4. The van der Waals surface area contributed by atoms with E-state index in [1.165, 1.54) is 13.8 Å². The first-order valence-electron chi connectivity index (χ1n) is 15.0. The van der Waals surface area contributed by atoms with Crippen molar-refractivity contribution >= 4 is 23.2 Å². The van der Waals surface area contributed by atoms with Crippen LogP contribution in [-0.4, -0.2) is 68.8 Å². The molecule has 0 radical (unpaired) electrons. The minimum absolute atomic E-state index is 0.165. The quantitative estimate of drug-likeness (QED) is 0.299. The molecular formula is C34H38N6O4. The molecule has 0 spiro atoms. The van der Waals surface area contributed by atoms with Gasteiger partial charge in [-0.25, -0.2) is 9.97 Å². The Kier molecular flexibility index (Phi) is 8.45. The molecule has 2 aromatic heterocycles. The summed E-state index contributed by atoms with van der Waals surface area (Å²) in [7, 11) is 0. The lowest BCUT2D eigenvalue weighted by Gasteiger charge is -2.38. The summed E-state index contributed by atoms with van der Waals surface area (Å²) >= 11 is 0. The van der Waals surface area contributed by atoms with Crippen molar-refractivity contribution in [2.75, 3.05) is 36.5 Å². The van der Waals surface area contributed by atoms with Gasteiger partial charge >= 0.3 is 0 Å². The number of fused-ring (bicyclic) bond motifs is 1. The summed E-state index contributed by atoms with van der Waals surface area (Å²) in [5, 5.41) is 13.7. The highest BCUT2D eigenvalue weighted by atomic mass is 16.5. The van der Waals surface area contributed by atoms with Gasteiger partial charge in [0.2, 0.25) is 5.88 Å². The summed E-state index contributed by atoms with van der Waals surface area (Å²) in [5.41, 5.74) is 3.23. The maximum atomic E-state index is 12.9. The second-order valence-corrected chi connectivity index (χ2v) is 11.8. The van der Waals surface area contributed by atoms with Crippen molar-refractivity contribution in [1.29, 1.82) is 0 Å². The van der Waals surface area contributed by atoms with Crippen LogP contribution in [0.25, 0.3) is 11.4 Å². The van der Waals surface area contributed by atoms with E-state index >= 15 is 0 Å². The molecule has 2 aromatic carbocycles. The van der Waals surface area contributed by atoms with Crippen molar-refractivity contribution in [1.82, 2.24) is 19.9 Å². The SMILES string of the molecule is C[C@H]1COCCN1c1nc(-c2ccc(Nc3cccc(OCc4ccccc4)n3)cc2)nc2c1CCN(C(=O)C(C)(C)O)C2. The number of rotatable bonds is 8. The van der Waals surface area contributed by atoms with E-state index in [9.17, 15) is 9.90 Å². The molecule has 1 fully saturated rings. The lowest BCUT2D eigenvalue weighted by Crippen LogP contribution is -2.48. The molecule has 2 N–H and O–H groups in total. The monoisotopic (exact) mass is 594 g/mol. The molecule has 228 valence electrons. The molecule has 2 aliphatic heterocycles. The third-order valence-corrected chi connectivity index (χ3v) is 7.86. The van der Waals surface area contributed by atoms with Crippen molar-refractivity contribution in [2.45, 2.75) is 52.0 Å². The molecule has 0 aliphatic carbocycles. The Morgan fingerprint density at radius 2 is 1.82 bits per heavy atom. The molecule has 1 saturated heterocycles. The molecule has 10 heteroatoms. The summed E-state index contributed by atoms with van der Waals surface area (Å²) in [6, 6.07) is 23.7. The fourth-order valence-corrected chi connectivity index (χ4v) is 5.53. The highest BCUT2D eigenvalue weighted by Crippen LogP contribution is 2.32. The van der Waals surface area contributed by atoms with Gasteiger partial charge in [0.25, 0.3) is 5.91 Å². The van der Waals surface area contributed by atoms with Crippen LogP contribution in [0.4, 0.5) is 17.3 Å². The van der Waals surface area contributed by atoms with Crippen molar-refractivity contribution in [3.05, 3.63) is 89.6 Å². The van der Waals surface area contributed by atoms with Gasteiger partial charge in [-0.2, -0.15) is 4.98 Å². The number of ether oxygens (including phenoxy) is 2. The second kappa shape index (κ2) is 12.6. The number of aromatic nitrogens is 3. The molecule has 2 aliphatic rings. The van der Waals surface area contributed by atoms with Gasteiger partial charge in [0, 0.05) is 36.0 Å². The Hall–Kier alpha value is -4.54. The van der Waals surface area contributed by atoms with Crippen LogP contribution >= 0.6 is 0 Å². The zero-order chi connectivity index (χ0) is 30.7. The third kappa shape index (κ3) is 6.66. The Labute approximate surface area is 257 Å². The number of nitrogens with one attached hydrogen (secondary N) is 1. The predicted octanol–water partition coefficient (Wildman–Crippen LogP) is 4.74. The minimum Gasteiger partial charge on any atom is -0.473 e. The van der Waals surface area contributed by atoms with Crippen LogP contribution in [0.3, 0.4) is 0 Å². The summed E-state index contributed by atoms with van der Waals surface area (Å²) in [4.78, 5) is 31.5. The summed E-state index contributed by atoms with van der Waals surface area (Å²) < 4.78 is 11.6. The molecule has 1 atom stereocenters. The standard InChI is InChI=1S/C34H38N6O4/c1-23-21-43-19-18-40(23)32-27-16-17-39(33(41)34(2,3)42)20-28(27)36-31(38-32)25-12-14-26(15-13-25)35-29-10-7-11-30(37-29)44-22-24-8-5-4-6-9-24/h4-15,23,42H,16-22H2,1-3H3,(H,35,37)/t23-/m0/s1. The number of anilines is 3. The number of pyridine rings is 1. The largest absolute Gasteiger partial charge is 0.473 e. The van der Waals surface area contributed by atoms with Crippen molar-refractivity contribution < 1.29 is 19.4 Å². The minimum atomic E-state index is -1.44. The third-order valence-electron chi connectivity index (χ3n) is 7.86. The van der Waals surface area contributed by atoms with E-state index in [1.807, 2.05) is 72.8 Å². The van der Waals surface area contributed by atoms with E-state index in [2.05, 4.69) is 22.1 Å². The molecule has 0 saturated carbocycles. The Morgan fingerprint density at radius 1 is 1.02 bits per heavy atom. The average molecular weight is 595 g/mol. The van der Waals surface area contributed by atoms with E-state index in [1.54, 1.807) is 4.90 Å². The number of benzene rings is 2. The van der Waals surface area contributed by atoms with Crippen LogP contribution in [0.1, 0.15) is 37.6 Å². The van der Waals surface area contributed by atoms with Crippen molar-refractivity contribution in [2.24, 2.45) is 0 Å². The number of carbonyl (C=O) groups is 1. The van der Waals surface area contributed by atoms with E-state index in [0.717, 1.165) is 40.4 Å². The molecule has 1 amide bonds. The van der Waals surface area contributed by atoms with Crippen LogP contribution in [0.2, 0.25) is 0 Å². The zero-order valence-corrected chi connectivity index (χ0v) is 25.4. The number of nitrogens with zero attached hydrogens (tertiary/aromatic N) is 5. The highest BCUT2D eigenvalue weighted by molar-refractivity contribution is 5.84. The van der Waals surface area contributed by atoms with Crippen molar-refractivity contribution in [3.8, 4) is 17.3 Å². The number of amides is 1. The van der Waals surface area contributed by atoms with Gasteiger partial charge in [-0.05, 0) is 63.1 Å². The lowest BCUT2D eigenvalue weighted by molar-refractivity contribution is -0.148. The molecule has 4 heterocycles. The molecular weight excluding hydrogens is 556 g/mol. The van der Waals surface area contributed by atoms with Crippen LogP contribution in [0.15, 0.2) is 72.8 Å². The van der Waals surface area contributed by atoms with Gasteiger partial charge in [0.1, 0.15) is 23.8 Å². The normalized spacial score (nSPS) is 16.8. The Bertz CT molecular complexity index is 1610. The fourth-order valence-electron chi connectivity index (χ4n) is 5.53. The molecule has 0 bridgehead atoms. The van der Waals surface area contributed by atoms with Crippen LogP contribution < -0.4 is 15.0 Å². The average Bonchev–Trinajstić information content (AvgIpc) is 3.03. The van der Waals surface area contributed by atoms with Gasteiger partial charge in [-0.15, -0.1) is 0 Å². The van der Waals surface area contributed by atoms with Gasteiger partial charge in [0.05, 0.1) is 31.5 Å². The number of hydrogen-bond acceptors (Lipinski definition) is 9.